The Kier molecular flexibility index (Phi) is 5.35. The fourth-order valence-corrected chi connectivity index (χ4v) is 2.17. The predicted octanol–water partition coefficient (Wildman–Crippen LogP) is 2.31. The number of aromatic nitrogens is 2. The predicted molar refractivity (Wildman–Crippen MR) is 81.0 cm³/mol. The van der Waals surface area contributed by atoms with Crippen LogP contribution in [0.25, 0.3) is 0 Å². The van der Waals surface area contributed by atoms with Crippen molar-refractivity contribution in [3.8, 4) is 11.8 Å². The zero-order valence-corrected chi connectivity index (χ0v) is 12.5. The van der Waals surface area contributed by atoms with Crippen LogP contribution >= 0.6 is 0 Å². The maximum absolute atomic E-state index is 9.14. The minimum atomic E-state index is 0.556. The van der Waals surface area contributed by atoms with E-state index in [9.17, 15) is 0 Å². The normalized spacial score (nSPS) is 10.3. The molecule has 0 bridgehead atoms. The molecular formula is C16H20N4O. The summed E-state index contributed by atoms with van der Waals surface area (Å²) in [5.74, 6) is 1.61. The molecule has 21 heavy (non-hydrogen) atoms. The van der Waals surface area contributed by atoms with Crippen LogP contribution in [-0.2, 0) is 13.1 Å². The van der Waals surface area contributed by atoms with Gasteiger partial charge in [0.2, 0.25) is 0 Å². The molecule has 0 amide bonds. The highest BCUT2D eigenvalue weighted by Gasteiger charge is 2.07. The number of methoxy groups -OCH3 is 1. The molecule has 0 saturated carbocycles. The molecule has 0 aliphatic rings. The molecule has 1 heterocycles. The van der Waals surface area contributed by atoms with Crippen LogP contribution in [0.2, 0.25) is 0 Å². The van der Waals surface area contributed by atoms with Gasteiger partial charge in [0.1, 0.15) is 17.6 Å². The molecular weight excluding hydrogens is 264 g/mol. The Morgan fingerprint density at radius 1 is 1.43 bits per heavy atom. The minimum Gasteiger partial charge on any atom is -0.495 e. The van der Waals surface area contributed by atoms with Crippen LogP contribution < -0.4 is 10.1 Å². The number of rotatable bonds is 7. The molecule has 1 N–H and O–H groups in total. The standard InChI is InChI=1S/C16H20N4O/c1-3-6-18-11-16-19-7-8-20(16)12-13-4-5-15(21-2)14(9-13)10-17/h4-5,7-9,18H,3,6,11-12H2,1-2H3. The van der Waals surface area contributed by atoms with Gasteiger partial charge >= 0.3 is 0 Å². The van der Waals surface area contributed by atoms with E-state index in [1.165, 1.54) is 0 Å². The summed E-state index contributed by atoms with van der Waals surface area (Å²) >= 11 is 0. The maximum atomic E-state index is 9.14. The molecule has 1 aromatic heterocycles. The van der Waals surface area contributed by atoms with Crippen molar-refractivity contribution in [2.45, 2.75) is 26.4 Å². The summed E-state index contributed by atoms with van der Waals surface area (Å²) in [6.45, 7) is 4.57. The van der Waals surface area contributed by atoms with Crippen LogP contribution in [0.5, 0.6) is 5.75 Å². The number of nitriles is 1. The third-order valence-corrected chi connectivity index (χ3v) is 3.25. The molecule has 2 aromatic rings. The second kappa shape index (κ2) is 7.46. The molecule has 110 valence electrons. The molecule has 0 saturated heterocycles. The second-order valence-electron chi connectivity index (χ2n) is 4.79. The van der Waals surface area contributed by atoms with Gasteiger partial charge in [-0.25, -0.2) is 4.98 Å². The molecule has 2 rings (SSSR count). The van der Waals surface area contributed by atoms with E-state index in [4.69, 9.17) is 10.00 Å². The van der Waals surface area contributed by atoms with Gasteiger partial charge in [0.25, 0.3) is 0 Å². The quantitative estimate of drug-likeness (QED) is 0.793. The first-order valence-electron chi connectivity index (χ1n) is 7.06. The van der Waals surface area contributed by atoms with Crippen molar-refractivity contribution >= 4 is 0 Å². The molecule has 0 aliphatic carbocycles. The first-order chi connectivity index (χ1) is 10.3. The van der Waals surface area contributed by atoms with Crippen molar-refractivity contribution < 1.29 is 4.74 Å². The zero-order valence-electron chi connectivity index (χ0n) is 12.5. The van der Waals surface area contributed by atoms with E-state index in [1.54, 1.807) is 13.3 Å². The van der Waals surface area contributed by atoms with Crippen LogP contribution in [-0.4, -0.2) is 23.2 Å². The Hall–Kier alpha value is -2.32. The Bertz CT molecular complexity index is 627. The van der Waals surface area contributed by atoms with Crippen molar-refractivity contribution in [3.63, 3.8) is 0 Å². The van der Waals surface area contributed by atoms with E-state index < -0.39 is 0 Å². The van der Waals surface area contributed by atoms with E-state index in [1.807, 2.05) is 24.4 Å². The lowest BCUT2D eigenvalue weighted by molar-refractivity contribution is 0.413. The Labute approximate surface area is 125 Å². The first kappa shape index (κ1) is 15.1. The van der Waals surface area contributed by atoms with Gasteiger partial charge < -0.3 is 14.6 Å². The molecule has 0 spiro atoms. The van der Waals surface area contributed by atoms with E-state index in [2.05, 4.69) is 27.9 Å². The van der Waals surface area contributed by atoms with Crippen LogP contribution in [0.4, 0.5) is 0 Å². The minimum absolute atomic E-state index is 0.556. The summed E-state index contributed by atoms with van der Waals surface area (Å²) in [6.07, 6.45) is 4.86. The van der Waals surface area contributed by atoms with E-state index >= 15 is 0 Å². The van der Waals surface area contributed by atoms with Gasteiger partial charge in [-0.05, 0) is 30.7 Å². The zero-order chi connectivity index (χ0) is 15.1. The summed E-state index contributed by atoms with van der Waals surface area (Å²) in [5, 5.41) is 12.5. The van der Waals surface area contributed by atoms with Crippen LogP contribution in [0, 0.1) is 11.3 Å². The van der Waals surface area contributed by atoms with Gasteiger partial charge in [0, 0.05) is 18.9 Å². The van der Waals surface area contributed by atoms with Crippen molar-refractivity contribution in [3.05, 3.63) is 47.5 Å². The molecule has 5 heteroatoms. The fraction of sp³-hybridized carbons (Fsp3) is 0.375. The van der Waals surface area contributed by atoms with Crippen molar-refractivity contribution in [2.24, 2.45) is 0 Å². The lowest BCUT2D eigenvalue weighted by atomic mass is 10.1. The van der Waals surface area contributed by atoms with Crippen LogP contribution in [0.15, 0.2) is 30.6 Å². The molecule has 1 aromatic carbocycles. The van der Waals surface area contributed by atoms with Gasteiger partial charge in [-0.2, -0.15) is 5.26 Å². The number of benzene rings is 1. The summed E-state index contributed by atoms with van der Waals surface area (Å²) in [5.41, 5.74) is 1.61. The average molecular weight is 284 g/mol. The summed E-state index contributed by atoms with van der Waals surface area (Å²) in [7, 11) is 1.57. The Balaban J connectivity index is 2.12. The Morgan fingerprint density at radius 3 is 3.00 bits per heavy atom. The highest BCUT2D eigenvalue weighted by Crippen LogP contribution is 2.19. The molecule has 5 nitrogen and oxygen atoms in total. The van der Waals surface area contributed by atoms with Crippen LogP contribution in [0.3, 0.4) is 0 Å². The van der Waals surface area contributed by atoms with Crippen molar-refractivity contribution in [1.82, 2.24) is 14.9 Å². The second-order valence-corrected chi connectivity index (χ2v) is 4.79. The number of nitrogens with one attached hydrogen (secondary N) is 1. The van der Waals surface area contributed by atoms with Gasteiger partial charge in [-0.15, -0.1) is 0 Å². The third-order valence-electron chi connectivity index (χ3n) is 3.25. The lowest BCUT2D eigenvalue weighted by Gasteiger charge is -2.10. The molecule has 0 unspecified atom stereocenters. The molecule has 0 aliphatic heterocycles. The van der Waals surface area contributed by atoms with E-state index in [0.717, 1.165) is 30.9 Å². The number of nitrogens with zero attached hydrogens (tertiary/aromatic N) is 3. The summed E-state index contributed by atoms with van der Waals surface area (Å²) < 4.78 is 7.25. The van der Waals surface area contributed by atoms with Gasteiger partial charge in [-0.1, -0.05) is 13.0 Å². The lowest BCUT2D eigenvalue weighted by Crippen LogP contribution is -2.17. The largest absolute Gasteiger partial charge is 0.495 e. The van der Waals surface area contributed by atoms with E-state index in [-0.39, 0.29) is 0 Å². The fourth-order valence-electron chi connectivity index (χ4n) is 2.17. The highest BCUT2D eigenvalue weighted by molar-refractivity contribution is 5.45. The van der Waals surface area contributed by atoms with Crippen LogP contribution in [0.1, 0.15) is 30.3 Å². The van der Waals surface area contributed by atoms with Gasteiger partial charge in [-0.3, -0.25) is 0 Å². The monoisotopic (exact) mass is 284 g/mol. The van der Waals surface area contributed by atoms with Crippen molar-refractivity contribution in [1.29, 1.82) is 5.26 Å². The molecule has 0 atom stereocenters. The number of ether oxygens (including phenoxy) is 1. The summed E-state index contributed by atoms with van der Waals surface area (Å²) in [4.78, 5) is 4.37. The van der Waals surface area contributed by atoms with Crippen molar-refractivity contribution in [2.75, 3.05) is 13.7 Å². The highest BCUT2D eigenvalue weighted by atomic mass is 16.5. The number of hydrogen-bond acceptors (Lipinski definition) is 4. The maximum Gasteiger partial charge on any atom is 0.136 e. The molecule has 0 fully saturated rings. The van der Waals surface area contributed by atoms with Gasteiger partial charge in [0.05, 0.1) is 19.2 Å². The smallest absolute Gasteiger partial charge is 0.136 e. The Morgan fingerprint density at radius 2 is 2.29 bits per heavy atom. The SMILES string of the molecule is CCCNCc1nccn1Cc1ccc(OC)c(C#N)c1. The topological polar surface area (TPSA) is 62.9 Å². The molecule has 0 radical (unpaired) electrons. The van der Waals surface area contributed by atoms with E-state index in [0.29, 0.717) is 17.9 Å². The number of hydrogen-bond donors (Lipinski definition) is 1. The first-order valence-corrected chi connectivity index (χ1v) is 7.06. The summed E-state index contributed by atoms with van der Waals surface area (Å²) in [6, 6.07) is 7.83. The average Bonchev–Trinajstić information content (AvgIpc) is 2.94. The third kappa shape index (κ3) is 3.83. The number of imidazole rings is 1. The van der Waals surface area contributed by atoms with Gasteiger partial charge in [0.15, 0.2) is 0 Å².